The first kappa shape index (κ1) is 13.6. The quantitative estimate of drug-likeness (QED) is 0.356. The van der Waals surface area contributed by atoms with Gasteiger partial charge < -0.3 is 21.9 Å². The number of rotatable bonds is 3. The highest BCUT2D eigenvalue weighted by Gasteiger charge is 2.10. The fourth-order valence-electron chi connectivity index (χ4n) is 0.293. The summed E-state index contributed by atoms with van der Waals surface area (Å²) in [4.78, 5) is 19.1. The number of thiol groups is 1. The van der Waals surface area contributed by atoms with Gasteiger partial charge in [0, 0.05) is 5.75 Å². The van der Waals surface area contributed by atoms with Crippen LogP contribution < -0.4 is 16.8 Å². The van der Waals surface area contributed by atoms with Crippen molar-refractivity contribution in [3.05, 3.63) is 0 Å². The van der Waals surface area contributed by atoms with E-state index < -0.39 is 18.0 Å². The van der Waals surface area contributed by atoms with Crippen molar-refractivity contribution in [2.45, 2.75) is 6.04 Å². The monoisotopic (exact) mass is 195 g/mol. The van der Waals surface area contributed by atoms with Crippen molar-refractivity contribution in [2.24, 2.45) is 11.5 Å². The minimum Gasteiger partial charge on any atom is -0.480 e. The Morgan fingerprint density at radius 3 is 1.92 bits per heavy atom. The van der Waals surface area contributed by atoms with Gasteiger partial charge in [0.2, 0.25) is 0 Å². The summed E-state index contributed by atoms with van der Waals surface area (Å²) in [7, 11) is 1.59. The number of hydrogen-bond acceptors (Lipinski definition) is 4. The molecule has 0 aromatic carbocycles. The van der Waals surface area contributed by atoms with Crippen LogP contribution in [0.25, 0.3) is 0 Å². The third-order valence-corrected chi connectivity index (χ3v) is 1.19. The minimum atomic E-state index is -0.859. The molecule has 0 aliphatic carbocycles. The lowest BCUT2D eigenvalue weighted by atomic mass is 10.3. The van der Waals surface area contributed by atoms with E-state index in [4.69, 9.17) is 9.90 Å². The second-order valence-electron chi connectivity index (χ2n) is 1.76. The molecule has 0 fully saturated rings. The van der Waals surface area contributed by atoms with Gasteiger partial charge in [-0.3, -0.25) is 4.79 Å². The van der Waals surface area contributed by atoms with Crippen molar-refractivity contribution < 1.29 is 14.7 Å². The van der Waals surface area contributed by atoms with Crippen molar-refractivity contribution in [3.63, 3.8) is 0 Å². The third kappa shape index (κ3) is 11.8. The number of carbonyl (C=O) groups excluding carboxylic acids is 1. The Labute approximate surface area is 75.7 Å². The van der Waals surface area contributed by atoms with Crippen LogP contribution in [0.1, 0.15) is 0 Å². The zero-order valence-electron chi connectivity index (χ0n) is 6.65. The summed E-state index contributed by atoms with van der Waals surface area (Å²) in [6.07, 6.45) is 0. The second-order valence-corrected chi connectivity index (χ2v) is 2.13. The molecule has 0 aromatic heterocycles. The molecular formula is C5H13N3O3S. The van der Waals surface area contributed by atoms with Crippen molar-refractivity contribution in [1.82, 2.24) is 5.32 Å². The molecule has 6 N–H and O–H groups in total. The summed E-state index contributed by atoms with van der Waals surface area (Å²) >= 11 is 3.79. The molecule has 0 aromatic rings. The van der Waals surface area contributed by atoms with E-state index >= 15 is 0 Å². The van der Waals surface area contributed by atoms with E-state index in [1.807, 2.05) is 0 Å². The van der Waals surface area contributed by atoms with Gasteiger partial charge in [-0.15, -0.1) is 0 Å². The molecule has 0 spiro atoms. The molecule has 0 aliphatic rings. The Balaban J connectivity index is 0. The zero-order valence-corrected chi connectivity index (χ0v) is 7.54. The average molecular weight is 195 g/mol. The van der Waals surface area contributed by atoms with E-state index in [0.29, 0.717) is 5.75 Å². The number of nitrogens with one attached hydrogen (secondary N) is 1. The smallest absolute Gasteiger partial charge is 0.321 e. The number of hydrogen-bond donors (Lipinski definition) is 5. The molecule has 0 saturated heterocycles. The number of likely N-dealkylation sites (N-methyl/N-ethyl adjacent to an activating group) is 1. The molecule has 0 bridgehead atoms. The van der Waals surface area contributed by atoms with Crippen molar-refractivity contribution in [2.75, 3.05) is 12.8 Å². The molecular weight excluding hydrogens is 182 g/mol. The second kappa shape index (κ2) is 8.15. The SMILES string of the molecule is CN[C@@H](CS)C(=O)O.NC(N)=O. The predicted octanol–water partition coefficient (Wildman–Crippen LogP) is -1.39. The van der Waals surface area contributed by atoms with Gasteiger partial charge in [0.25, 0.3) is 0 Å². The van der Waals surface area contributed by atoms with Crippen molar-refractivity contribution in [1.29, 1.82) is 0 Å². The molecule has 0 unspecified atom stereocenters. The molecule has 7 heteroatoms. The lowest BCUT2D eigenvalue weighted by molar-refractivity contribution is -0.138. The van der Waals surface area contributed by atoms with E-state index in [1.165, 1.54) is 0 Å². The van der Waals surface area contributed by atoms with E-state index in [9.17, 15) is 4.79 Å². The summed E-state index contributed by atoms with van der Waals surface area (Å²) < 4.78 is 0. The Hall–Kier alpha value is -0.950. The molecule has 0 radical (unpaired) electrons. The van der Waals surface area contributed by atoms with Crippen LogP contribution >= 0.6 is 12.6 Å². The third-order valence-electron chi connectivity index (χ3n) is 0.829. The lowest BCUT2D eigenvalue weighted by Gasteiger charge is -2.04. The Bertz CT molecular complexity index is 145. The largest absolute Gasteiger partial charge is 0.480 e. The molecule has 0 rings (SSSR count). The van der Waals surface area contributed by atoms with Crippen molar-refractivity contribution >= 4 is 24.6 Å². The van der Waals surface area contributed by atoms with Gasteiger partial charge >= 0.3 is 12.0 Å². The molecule has 0 heterocycles. The predicted molar refractivity (Wildman–Crippen MR) is 48.1 cm³/mol. The van der Waals surface area contributed by atoms with E-state index in [2.05, 4.69) is 29.4 Å². The molecule has 1 atom stereocenters. The van der Waals surface area contributed by atoms with Gasteiger partial charge in [-0.05, 0) is 7.05 Å². The summed E-state index contributed by atoms with van der Waals surface area (Å²) in [5, 5.41) is 10.8. The Morgan fingerprint density at radius 2 is 1.92 bits per heavy atom. The minimum absolute atomic E-state index is 0.325. The van der Waals surface area contributed by atoms with Crippen LogP contribution in [0.3, 0.4) is 0 Å². The number of primary amides is 2. The Kier molecular flexibility index (Phi) is 9.25. The lowest BCUT2D eigenvalue weighted by Crippen LogP contribution is -2.35. The highest BCUT2D eigenvalue weighted by molar-refractivity contribution is 7.80. The number of amides is 2. The van der Waals surface area contributed by atoms with Crippen molar-refractivity contribution in [3.8, 4) is 0 Å². The summed E-state index contributed by atoms with van der Waals surface area (Å²) in [5.41, 5.74) is 8.50. The maximum atomic E-state index is 10.1. The number of carbonyl (C=O) groups is 2. The highest BCUT2D eigenvalue weighted by Crippen LogP contribution is 1.84. The van der Waals surface area contributed by atoms with Crippen LogP contribution in [-0.2, 0) is 4.79 Å². The molecule has 12 heavy (non-hydrogen) atoms. The molecule has 6 nitrogen and oxygen atoms in total. The molecule has 2 amide bonds. The first-order chi connectivity index (χ1) is 5.45. The number of carboxylic acid groups (broad SMARTS) is 1. The number of urea groups is 1. The standard InChI is InChI=1S/C4H9NO2S.CH4N2O/c1-5-3(2-8)4(6)7;2-1(3)4/h3,5,8H,2H2,1H3,(H,6,7);(H4,2,3,4)/t3-;/m0./s1. The summed E-state index contributed by atoms with van der Waals surface area (Å²) in [5.74, 6) is -0.534. The van der Waals surface area contributed by atoms with Crippen LogP contribution in [-0.4, -0.2) is 35.9 Å². The van der Waals surface area contributed by atoms with Gasteiger partial charge in [0.05, 0.1) is 0 Å². The average Bonchev–Trinajstić information content (AvgIpc) is 1.87. The summed E-state index contributed by atoms with van der Waals surface area (Å²) in [6.45, 7) is 0. The van der Waals surface area contributed by atoms with Gasteiger partial charge in [-0.25, -0.2) is 4.79 Å². The number of aliphatic carboxylic acids is 1. The van der Waals surface area contributed by atoms with Crippen LogP contribution in [0, 0.1) is 0 Å². The fourth-order valence-corrected chi connectivity index (χ4v) is 0.632. The van der Waals surface area contributed by atoms with Crippen LogP contribution in [0.2, 0.25) is 0 Å². The van der Waals surface area contributed by atoms with Gasteiger partial charge in [0.1, 0.15) is 6.04 Å². The molecule has 72 valence electrons. The van der Waals surface area contributed by atoms with Gasteiger partial charge in [-0.1, -0.05) is 0 Å². The van der Waals surface area contributed by atoms with E-state index in [0.717, 1.165) is 0 Å². The summed E-state index contributed by atoms with van der Waals surface area (Å²) in [6, 6.07) is -1.35. The molecule has 0 saturated carbocycles. The van der Waals surface area contributed by atoms with E-state index in [1.54, 1.807) is 7.05 Å². The zero-order chi connectivity index (χ0) is 10.1. The maximum Gasteiger partial charge on any atom is 0.321 e. The van der Waals surface area contributed by atoms with Gasteiger partial charge in [-0.2, -0.15) is 12.6 Å². The van der Waals surface area contributed by atoms with Crippen LogP contribution in [0.5, 0.6) is 0 Å². The molecule has 0 aliphatic heterocycles. The Morgan fingerprint density at radius 1 is 1.58 bits per heavy atom. The first-order valence-corrected chi connectivity index (χ1v) is 3.64. The van der Waals surface area contributed by atoms with Crippen LogP contribution in [0.4, 0.5) is 4.79 Å². The fraction of sp³-hybridized carbons (Fsp3) is 0.600. The maximum absolute atomic E-state index is 10.1. The number of carboxylic acids is 1. The van der Waals surface area contributed by atoms with E-state index in [-0.39, 0.29) is 0 Å². The van der Waals surface area contributed by atoms with Gasteiger partial charge in [0.15, 0.2) is 0 Å². The first-order valence-electron chi connectivity index (χ1n) is 3.01. The number of nitrogens with two attached hydrogens (primary N) is 2. The highest BCUT2D eigenvalue weighted by atomic mass is 32.1. The topological polar surface area (TPSA) is 118 Å². The van der Waals surface area contributed by atoms with Crippen LogP contribution in [0.15, 0.2) is 0 Å². The normalized spacial score (nSPS) is 10.8.